The zero-order valence-electron chi connectivity index (χ0n) is 18.6. The summed E-state index contributed by atoms with van der Waals surface area (Å²) < 4.78 is 5.81. The molecule has 168 valence electrons. The van der Waals surface area contributed by atoms with Gasteiger partial charge in [0, 0.05) is 5.56 Å². The van der Waals surface area contributed by atoms with Crippen molar-refractivity contribution >= 4 is 29.0 Å². The molecule has 33 heavy (non-hydrogen) atoms. The van der Waals surface area contributed by atoms with Crippen LogP contribution in [0.2, 0.25) is 0 Å². The van der Waals surface area contributed by atoms with Crippen molar-refractivity contribution in [3.63, 3.8) is 0 Å². The van der Waals surface area contributed by atoms with Crippen LogP contribution in [-0.4, -0.2) is 34.3 Å². The van der Waals surface area contributed by atoms with Crippen molar-refractivity contribution in [3.05, 3.63) is 99.5 Å². The highest BCUT2D eigenvalue weighted by molar-refractivity contribution is 8.18. The SMILES string of the molecule is Cc1ccc(C)c(OCCN2C(=O)S/C(=C\c3cc(Cc4ccccc4)ccc3O)C2=O)c1. The van der Waals surface area contributed by atoms with Crippen molar-refractivity contribution in [2.75, 3.05) is 13.2 Å². The summed E-state index contributed by atoms with van der Waals surface area (Å²) in [7, 11) is 0. The van der Waals surface area contributed by atoms with Gasteiger partial charge < -0.3 is 9.84 Å². The van der Waals surface area contributed by atoms with E-state index in [1.807, 2.05) is 74.5 Å². The smallest absolute Gasteiger partial charge is 0.293 e. The first-order valence-corrected chi connectivity index (χ1v) is 11.5. The van der Waals surface area contributed by atoms with Gasteiger partial charge in [-0.25, -0.2) is 0 Å². The largest absolute Gasteiger partial charge is 0.507 e. The summed E-state index contributed by atoms with van der Waals surface area (Å²) in [5.74, 6) is 0.442. The first-order chi connectivity index (χ1) is 15.9. The second-order valence-electron chi connectivity index (χ2n) is 8.01. The van der Waals surface area contributed by atoms with Crippen molar-refractivity contribution in [2.45, 2.75) is 20.3 Å². The van der Waals surface area contributed by atoms with Gasteiger partial charge in [-0.1, -0.05) is 48.5 Å². The maximum absolute atomic E-state index is 12.8. The predicted octanol–water partition coefficient (Wildman–Crippen LogP) is 5.72. The molecule has 0 atom stereocenters. The number of phenols is 1. The van der Waals surface area contributed by atoms with Crippen LogP contribution >= 0.6 is 11.8 Å². The molecule has 3 aromatic carbocycles. The van der Waals surface area contributed by atoms with Gasteiger partial charge in [0.2, 0.25) is 0 Å². The number of ether oxygens (including phenoxy) is 1. The van der Waals surface area contributed by atoms with Crippen LogP contribution < -0.4 is 4.74 Å². The van der Waals surface area contributed by atoms with E-state index in [4.69, 9.17) is 4.74 Å². The molecule has 0 unspecified atom stereocenters. The third-order valence-corrected chi connectivity index (χ3v) is 6.33. The van der Waals surface area contributed by atoms with Gasteiger partial charge in [-0.15, -0.1) is 0 Å². The number of carbonyl (C=O) groups excluding carboxylic acids is 2. The summed E-state index contributed by atoms with van der Waals surface area (Å²) in [5, 5.41) is 9.97. The molecule has 4 rings (SSSR count). The minimum atomic E-state index is -0.373. The van der Waals surface area contributed by atoms with E-state index in [0.717, 1.165) is 39.8 Å². The molecule has 2 amide bonds. The Balaban J connectivity index is 1.45. The summed E-state index contributed by atoms with van der Waals surface area (Å²) in [5.41, 5.74) is 4.75. The van der Waals surface area contributed by atoms with Gasteiger partial charge in [0.05, 0.1) is 11.4 Å². The van der Waals surface area contributed by atoms with Crippen LogP contribution in [0.1, 0.15) is 27.8 Å². The average Bonchev–Trinajstić information content (AvgIpc) is 3.06. The predicted molar refractivity (Wildman–Crippen MR) is 131 cm³/mol. The molecule has 1 aliphatic rings. The molecule has 3 aromatic rings. The third-order valence-electron chi connectivity index (χ3n) is 5.42. The molecule has 0 bridgehead atoms. The fourth-order valence-electron chi connectivity index (χ4n) is 3.60. The van der Waals surface area contributed by atoms with Crippen molar-refractivity contribution in [2.24, 2.45) is 0 Å². The number of imide groups is 1. The second-order valence-corrected chi connectivity index (χ2v) is 9.00. The number of aryl methyl sites for hydroxylation is 2. The summed E-state index contributed by atoms with van der Waals surface area (Å²) in [4.78, 5) is 26.8. The van der Waals surface area contributed by atoms with Crippen LogP contribution in [0.15, 0.2) is 71.6 Å². The van der Waals surface area contributed by atoms with Crippen molar-refractivity contribution < 1.29 is 19.4 Å². The lowest BCUT2D eigenvalue weighted by Gasteiger charge is -2.14. The van der Waals surface area contributed by atoms with E-state index < -0.39 is 0 Å². The third kappa shape index (κ3) is 5.46. The van der Waals surface area contributed by atoms with Crippen LogP contribution in [0.3, 0.4) is 0 Å². The Labute approximate surface area is 197 Å². The summed E-state index contributed by atoms with van der Waals surface area (Å²) >= 11 is 0.879. The van der Waals surface area contributed by atoms with Gasteiger partial charge >= 0.3 is 0 Å². The highest BCUT2D eigenvalue weighted by Gasteiger charge is 2.35. The van der Waals surface area contributed by atoms with Gasteiger partial charge in [0.1, 0.15) is 18.1 Å². The number of amides is 2. The van der Waals surface area contributed by atoms with E-state index in [2.05, 4.69) is 0 Å². The van der Waals surface area contributed by atoms with Crippen LogP contribution in [0.5, 0.6) is 11.5 Å². The monoisotopic (exact) mass is 459 g/mol. The van der Waals surface area contributed by atoms with Crippen molar-refractivity contribution in [3.8, 4) is 11.5 Å². The molecule has 6 heteroatoms. The lowest BCUT2D eigenvalue weighted by Crippen LogP contribution is -2.32. The van der Waals surface area contributed by atoms with Crippen LogP contribution in [-0.2, 0) is 11.2 Å². The molecule has 1 aliphatic heterocycles. The molecule has 0 saturated carbocycles. The number of aromatic hydroxyl groups is 1. The lowest BCUT2D eigenvalue weighted by molar-refractivity contribution is -0.123. The highest BCUT2D eigenvalue weighted by Crippen LogP contribution is 2.34. The van der Waals surface area contributed by atoms with E-state index in [9.17, 15) is 14.7 Å². The normalized spacial score (nSPS) is 14.8. The fraction of sp³-hybridized carbons (Fsp3) is 0.185. The Bertz CT molecular complexity index is 1220. The maximum Gasteiger partial charge on any atom is 0.293 e. The van der Waals surface area contributed by atoms with Crippen molar-refractivity contribution in [1.82, 2.24) is 4.90 Å². The topological polar surface area (TPSA) is 66.8 Å². The van der Waals surface area contributed by atoms with Crippen LogP contribution in [0.4, 0.5) is 4.79 Å². The number of hydrogen-bond donors (Lipinski definition) is 1. The summed E-state index contributed by atoms with van der Waals surface area (Å²) in [6.07, 6.45) is 2.29. The maximum atomic E-state index is 12.8. The van der Waals surface area contributed by atoms with Gasteiger partial charge in [-0.2, -0.15) is 0 Å². The number of phenolic OH excluding ortho intramolecular Hbond substituents is 1. The fourth-order valence-corrected chi connectivity index (χ4v) is 4.46. The van der Waals surface area contributed by atoms with E-state index in [-0.39, 0.29) is 30.0 Å². The summed E-state index contributed by atoms with van der Waals surface area (Å²) in [6, 6.07) is 21.3. The Morgan fingerprint density at radius 2 is 1.76 bits per heavy atom. The minimum Gasteiger partial charge on any atom is -0.507 e. The molecule has 1 N–H and O–H groups in total. The second kappa shape index (κ2) is 9.96. The molecule has 5 nitrogen and oxygen atoms in total. The number of carbonyl (C=O) groups is 2. The first kappa shape index (κ1) is 22.7. The summed E-state index contributed by atoms with van der Waals surface area (Å²) in [6.45, 7) is 4.32. The van der Waals surface area contributed by atoms with Gasteiger partial charge in [-0.05, 0) is 78.6 Å². The van der Waals surface area contributed by atoms with Crippen LogP contribution in [0, 0.1) is 13.8 Å². The highest BCUT2D eigenvalue weighted by atomic mass is 32.2. The van der Waals surface area contributed by atoms with Crippen molar-refractivity contribution in [1.29, 1.82) is 0 Å². The van der Waals surface area contributed by atoms with E-state index in [0.29, 0.717) is 16.9 Å². The Kier molecular flexibility index (Phi) is 6.84. The molecule has 0 aromatic heterocycles. The van der Waals surface area contributed by atoms with Gasteiger partial charge in [-0.3, -0.25) is 14.5 Å². The number of thioether (sulfide) groups is 1. The molecule has 1 fully saturated rings. The van der Waals surface area contributed by atoms with Gasteiger partial charge in [0.15, 0.2) is 0 Å². The lowest BCUT2D eigenvalue weighted by atomic mass is 10.0. The van der Waals surface area contributed by atoms with Crippen LogP contribution in [0.25, 0.3) is 6.08 Å². The molecule has 1 heterocycles. The number of hydrogen-bond acceptors (Lipinski definition) is 5. The molecule has 0 aliphatic carbocycles. The van der Waals surface area contributed by atoms with E-state index >= 15 is 0 Å². The Morgan fingerprint density at radius 1 is 0.970 bits per heavy atom. The zero-order chi connectivity index (χ0) is 23.4. The molecular formula is C27H25NO4S. The average molecular weight is 460 g/mol. The minimum absolute atomic E-state index is 0.0665. The number of nitrogens with zero attached hydrogens (tertiary/aromatic N) is 1. The number of rotatable bonds is 7. The Hall–Kier alpha value is -3.51. The first-order valence-electron chi connectivity index (χ1n) is 10.7. The van der Waals surface area contributed by atoms with E-state index in [1.165, 1.54) is 4.90 Å². The quantitative estimate of drug-likeness (QED) is 0.458. The Morgan fingerprint density at radius 3 is 2.55 bits per heavy atom. The molecular weight excluding hydrogens is 434 g/mol. The van der Waals surface area contributed by atoms with E-state index in [1.54, 1.807) is 12.1 Å². The molecule has 0 spiro atoms. The standard InChI is InChI=1S/C27H25NO4S/c1-18-8-9-19(2)24(14-18)32-13-12-28-26(30)25(33-27(28)31)17-22-16-21(10-11-23(22)29)15-20-6-4-3-5-7-20/h3-11,14,16-17,29H,12-13,15H2,1-2H3/b25-17-. The molecule has 1 saturated heterocycles. The zero-order valence-corrected chi connectivity index (χ0v) is 19.4. The van der Waals surface area contributed by atoms with Gasteiger partial charge in [0.25, 0.3) is 11.1 Å². The molecule has 0 radical (unpaired) electrons. The number of benzene rings is 3.